The smallest absolute Gasteiger partial charge is 0.120 e. The van der Waals surface area contributed by atoms with Crippen LogP contribution in [-0.2, 0) is 5.11 Å². The number of hydrogen-bond acceptors (Lipinski definition) is 1. The minimum Gasteiger partial charge on any atom is -0.491 e. The van der Waals surface area contributed by atoms with Gasteiger partial charge in [-0.15, -0.1) is 0 Å². The summed E-state index contributed by atoms with van der Waals surface area (Å²) in [4.78, 5) is 0. The highest BCUT2D eigenvalue weighted by Crippen LogP contribution is 2.20. The third-order valence-electron chi connectivity index (χ3n) is 2.07. The average Bonchev–Trinajstić information content (AvgIpc) is 2.26. The Balaban J connectivity index is 2.32. The summed E-state index contributed by atoms with van der Waals surface area (Å²) in [6.07, 6.45) is 0. The van der Waals surface area contributed by atoms with Gasteiger partial charge in [-0.3, -0.25) is 0 Å². The third kappa shape index (κ3) is 1.86. The molecule has 0 spiro atoms. The molecule has 1 radical (unpaired) electrons. The van der Waals surface area contributed by atoms with E-state index in [1.54, 1.807) is 0 Å². The maximum absolute atomic E-state index is 10.2. The maximum Gasteiger partial charge on any atom is 0.120 e. The Labute approximate surface area is 82.8 Å². The maximum atomic E-state index is 10.2. The van der Waals surface area contributed by atoms with Crippen LogP contribution in [0.15, 0.2) is 42.5 Å². The van der Waals surface area contributed by atoms with E-state index in [1.165, 1.54) is 5.39 Å². The fourth-order valence-corrected chi connectivity index (χ4v) is 1.42. The molecule has 0 heterocycles. The van der Waals surface area contributed by atoms with Crippen molar-refractivity contribution < 1.29 is 9.84 Å². The van der Waals surface area contributed by atoms with Gasteiger partial charge in [0.25, 0.3) is 0 Å². The minimum absolute atomic E-state index is 0.202. The standard InChI is InChI=1S/C12H11O2/c13-7-8-14-12-6-5-10-3-1-2-4-11(10)9-12/h1-6,9H,7-8H2. The summed E-state index contributed by atoms with van der Waals surface area (Å²) >= 11 is 0. The topological polar surface area (TPSA) is 29.1 Å². The molecule has 2 heteroatoms. The Hall–Kier alpha value is -1.54. The highest BCUT2D eigenvalue weighted by molar-refractivity contribution is 5.83. The highest BCUT2D eigenvalue weighted by Gasteiger charge is 1.95. The average molecular weight is 187 g/mol. The molecule has 2 aromatic carbocycles. The zero-order valence-electron chi connectivity index (χ0n) is 7.77. The summed E-state index contributed by atoms with van der Waals surface area (Å²) in [5.74, 6) is 0.763. The molecule has 0 aliphatic rings. The number of hydrogen-bond donors (Lipinski definition) is 0. The third-order valence-corrected chi connectivity index (χ3v) is 2.07. The van der Waals surface area contributed by atoms with Crippen molar-refractivity contribution in [2.75, 3.05) is 13.2 Å². The molecule has 0 atom stereocenters. The van der Waals surface area contributed by atoms with E-state index in [1.807, 2.05) is 42.5 Å². The summed E-state index contributed by atoms with van der Waals surface area (Å²) in [6, 6.07) is 13.9. The summed E-state index contributed by atoms with van der Waals surface area (Å²) in [7, 11) is 0. The van der Waals surface area contributed by atoms with Gasteiger partial charge in [0, 0.05) is 0 Å². The van der Waals surface area contributed by atoms with Crippen molar-refractivity contribution in [3.05, 3.63) is 42.5 Å². The largest absolute Gasteiger partial charge is 0.491 e. The normalized spacial score (nSPS) is 10.4. The second-order valence-electron chi connectivity index (χ2n) is 3.06. The number of rotatable bonds is 3. The molecule has 2 aromatic rings. The Kier molecular flexibility index (Phi) is 2.65. The van der Waals surface area contributed by atoms with Crippen LogP contribution < -0.4 is 4.74 Å². The van der Waals surface area contributed by atoms with E-state index in [0.29, 0.717) is 0 Å². The Morgan fingerprint density at radius 3 is 2.57 bits per heavy atom. The zero-order chi connectivity index (χ0) is 9.80. The van der Waals surface area contributed by atoms with E-state index in [-0.39, 0.29) is 13.2 Å². The van der Waals surface area contributed by atoms with Crippen LogP contribution in [0.25, 0.3) is 10.8 Å². The highest BCUT2D eigenvalue weighted by atomic mass is 16.5. The summed E-state index contributed by atoms with van der Waals surface area (Å²) < 4.78 is 5.25. The molecule has 14 heavy (non-hydrogen) atoms. The Morgan fingerprint density at radius 2 is 1.79 bits per heavy atom. The molecular weight excluding hydrogens is 176 g/mol. The first-order valence-electron chi connectivity index (χ1n) is 4.60. The van der Waals surface area contributed by atoms with Gasteiger partial charge >= 0.3 is 0 Å². The van der Waals surface area contributed by atoms with Crippen molar-refractivity contribution in [1.82, 2.24) is 0 Å². The lowest BCUT2D eigenvalue weighted by Gasteiger charge is -2.04. The summed E-state index contributed by atoms with van der Waals surface area (Å²) in [5, 5.41) is 12.6. The van der Waals surface area contributed by atoms with Crippen molar-refractivity contribution in [1.29, 1.82) is 0 Å². The van der Waals surface area contributed by atoms with E-state index < -0.39 is 0 Å². The molecule has 0 fully saturated rings. The molecule has 0 aliphatic heterocycles. The van der Waals surface area contributed by atoms with E-state index >= 15 is 0 Å². The molecule has 2 nitrogen and oxygen atoms in total. The number of ether oxygens (including phenoxy) is 1. The van der Waals surface area contributed by atoms with Gasteiger partial charge in [0.1, 0.15) is 19.0 Å². The Bertz CT molecular complexity index is 423. The Morgan fingerprint density at radius 1 is 1.00 bits per heavy atom. The molecule has 0 saturated heterocycles. The van der Waals surface area contributed by atoms with Crippen LogP contribution in [0.4, 0.5) is 0 Å². The number of benzene rings is 2. The van der Waals surface area contributed by atoms with Crippen LogP contribution in [0.1, 0.15) is 0 Å². The molecule has 2 rings (SSSR count). The molecule has 0 bridgehead atoms. The summed E-state index contributed by atoms with van der Waals surface area (Å²) in [5.41, 5.74) is 0. The van der Waals surface area contributed by atoms with Gasteiger partial charge in [-0.05, 0) is 22.9 Å². The van der Waals surface area contributed by atoms with Gasteiger partial charge in [-0.1, -0.05) is 30.3 Å². The fraction of sp³-hybridized carbons (Fsp3) is 0.167. The van der Waals surface area contributed by atoms with Crippen LogP contribution in [-0.4, -0.2) is 13.2 Å². The molecule has 0 aromatic heterocycles. The van der Waals surface area contributed by atoms with E-state index in [0.717, 1.165) is 11.1 Å². The van der Waals surface area contributed by atoms with E-state index in [4.69, 9.17) is 4.74 Å². The van der Waals surface area contributed by atoms with Gasteiger partial charge in [0.2, 0.25) is 0 Å². The van der Waals surface area contributed by atoms with Crippen molar-refractivity contribution >= 4 is 10.8 Å². The lowest BCUT2D eigenvalue weighted by molar-refractivity contribution is 0.138. The van der Waals surface area contributed by atoms with Crippen molar-refractivity contribution in [2.45, 2.75) is 0 Å². The molecule has 0 aliphatic carbocycles. The van der Waals surface area contributed by atoms with Gasteiger partial charge in [0.05, 0.1) is 0 Å². The van der Waals surface area contributed by atoms with Crippen molar-refractivity contribution in [2.24, 2.45) is 0 Å². The SMILES string of the molecule is [O]CCOc1ccc2ccccc2c1. The van der Waals surface area contributed by atoms with E-state index in [9.17, 15) is 5.11 Å². The molecule has 71 valence electrons. The van der Waals surface area contributed by atoms with Gasteiger partial charge in [0.15, 0.2) is 0 Å². The van der Waals surface area contributed by atoms with Crippen LogP contribution in [0.5, 0.6) is 5.75 Å². The van der Waals surface area contributed by atoms with Gasteiger partial charge < -0.3 is 4.74 Å². The predicted molar refractivity (Wildman–Crippen MR) is 55.0 cm³/mol. The first-order valence-corrected chi connectivity index (χ1v) is 4.60. The second-order valence-corrected chi connectivity index (χ2v) is 3.06. The fourth-order valence-electron chi connectivity index (χ4n) is 1.42. The first-order chi connectivity index (χ1) is 6.90. The second kappa shape index (κ2) is 4.11. The number of fused-ring (bicyclic) bond motifs is 1. The first kappa shape index (κ1) is 9.03. The van der Waals surface area contributed by atoms with Gasteiger partial charge in [-0.25, -0.2) is 5.11 Å². The monoisotopic (exact) mass is 187 g/mol. The van der Waals surface area contributed by atoms with Gasteiger partial charge in [-0.2, -0.15) is 0 Å². The van der Waals surface area contributed by atoms with Crippen molar-refractivity contribution in [3.63, 3.8) is 0 Å². The van der Waals surface area contributed by atoms with Crippen molar-refractivity contribution in [3.8, 4) is 5.75 Å². The minimum atomic E-state index is -0.202. The predicted octanol–water partition coefficient (Wildman–Crippen LogP) is 2.65. The molecule has 0 amide bonds. The van der Waals surface area contributed by atoms with Crippen LogP contribution in [0, 0.1) is 0 Å². The molecule has 0 saturated carbocycles. The zero-order valence-corrected chi connectivity index (χ0v) is 7.77. The summed E-state index contributed by atoms with van der Waals surface area (Å²) in [6.45, 7) is 0.0329. The van der Waals surface area contributed by atoms with Crippen LogP contribution in [0.2, 0.25) is 0 Å². The van der Waals surface area contributed by atoms with E-state index in [2.05, 4.69) is 0 Å². The molecule has 0 unspecified atom stereocenters. The molecule has 0 N–H and O–H groups in total. The molecular formula is C12H11O2. The lowest BCUT2D eigenvalue weighted by Crippen LogP contribution is -2.00. The lowest BCUT2D eigenvalue weighted by atomic mass is 10.1. The van der Waals surface area contributed by atoms with Crippen LogP contribution >= 0.6 is 0 Å². The quantitative estimate of drug-likeness (QED) is 0.726. The van der Waals surface area contributed by atoms with Crippen LogP contribution in [0.3, 0.4) is 0 Å².